The number of hydrogen-bond donors (Lipinski definition) is 1. The van der Waals surface area contributed by atoms with E-state index in [1.165, 1.54) is 12.4 Å². The number of ether oxygens (including phenoxy) is 1. The lowest BCUT2D eigenvalue weighted by Crippen LogP contribution is -2.05. The van der Waals surface area contributed by atoms with Gasteiger partial charge in [0.05, 0.1) is 24.1 Å². The maximum atomic E-state index is 11.2. The first-order valence-electron chi connectivity index (χ1n) is 4.08. The monoisotopic (exact) mass is 194 g/mol. The molecule has 5 nitrogen and oxygen atoms in total. The molecular weight excluding hydrogens is 184 g/mol. The second kappa shape index (κ2) is 4.96. The molecule has 1 heterocycles. The highest BCUT2D eigenvalue weighted by molar-refractivity contribution is 5.89. The molecule has 1 N–H and O–H groups in total. The van der Waals surface area contributed by atoms with Crippen molar-refractivity contribution in [2.45, 2.75) is 6.92 Å². The molecule has 74 valence electrons. The van der Waals surface area contributed by atoms with Gasteiger partial charge in [0.2, 0.25) is 0 Å². The van der Waals surface area contributed by atoms with Crippen LogP contribution in [-0.4, -0.2) is 29.0 Å². The Morgan fingerprint density at radius 2 is 2.50 bits per heavy atom. The van der Waals surface area contributed by atoms with Crippen LogP contribution in [0.3, 0.4) is 0 Å². The summed E-state index contributed by atoms with van der Waals surface area (Å²) in [7, 11) is 0. The number of esters is 1. The van der Waals surface area contributed by atoms with Crippen LogP contribution in [0.2, 0.25) is 0 Å². The van der Waals surface area contributed by atoms with Crippen molar-refractivity contribution in [2.24, 2.45) is 5.16 Å². The van der Waals surface area contributed by atoms with Gasteiger partial charge < -0.3 is 9.94 Å². The van der Waals surface area contributed by atoms with Gasteiger partial charge in [-0.2, -0.15) is 0 Å². The molecule has 0 aliphatic carbocycles. The van der Waals surface area contributed by atoms with Gasteiger partial charge in [0.1, 0.15) is 0 Å². The Balaban J connectivity index is 2.77. The number of carbonyl (C=O) groups excluding carboxylic acids is 1. The maximum Gasteiger partial charge on any atom is 0.339 e. The lowest BCUT2D eigenvalue weighted by Gasteiger charge is -2.00. The molecule has 0 amide bonds. The molecule has 0 aliphatic heterocycles. The molecule has 5 heteroatoms. The number of nitrogens with zero attached hydrogens (tertiary/aromatic N) is 2. The predicted molar refractivity (Wildman–Crippen MR) is 49.6 cm³/mol. The van der Waals surface area contributed by atoms with Gasteiger partial charge in [0, 0.05) is 6.20 Å². The number of pyridine rings is 1. The van der Waals surface area contributed by atoms with Crippen molar-refractivity contribution in [3.05, 3.63) is 29.6 Å². The van der Waals surface area contributed by atoms with E-state index in [4.69, 9.17) is 9.94 Å². The zero-order valence-corrected chi connectivity index (χ0v) is 7.67. The molecule has 0 spiro atoms. The summed E-state index contributed by atoms with van der Waals surface area (Å²) in [6.07, 6.45) is 2.55. The molecule has 0 saturated heterocycles. The highest BCUT2D eigenvalue weighted by Crippen LogP contribution is 2.00. The van der Waals surface area contributed by atoms with Crippen LogP contribution < -0.4 is 0 Å². The van der Waals surface area contributed by atoms with E-state index >= 15 is 0 Å². The molecule has 0 atom stereocenters. The molecule has 0 radical (unpaired) electrons. The normalized spacial score (nSPS) is 10.4. The number of aromatic nitrogens is 1. The minimum atomic E-state index is -0.410. The van der Waals surface area contributed by atoms with E-state index in [1.54, 1.807) is 19.1 Å². The first kappa shape index (κ1) is 10.2. The van der Waals surface area contributed by atoms with Crippen molar-refractivity contribution in [3.63, 3.8) is 0 Å². The van der Waals surface area contributed by atoms with Gasteiger partial charge in [-0.1, -0.05) is 5.16 Å². The smallest absolute Gasteiger partial charge is 0.339 e. The third kappa shape index (κ3) is 2.55. The van der Waals surface area contributed by atoms with E-state index in [2.05, 4.69) is 10.1 Å². The Labute approximate surface area is 81.0 Å². The van der Waals surface area contributed by atoms with E-state index in [9.17, 15) is 4.79 Å². The highest BCUT2D eigenvalue weighted by atomic mass is 16.5. The number of rotatable bonds is 3. The fraction of sp³-hybridized carbons (Fsp3) is 0.222. The molecule has 0 bridgehead atoms. The summed E-state index contributed by atoms with van der Waals surface area (Å²) in [6.45, 7) is 2.07. The molecule has 0 aliphatic rings. The van der Waals surface area contributed by atoms with Crippen molar-refractivity contribution in [2.75, 3.05) is 6.61 Å². The SMILES string of the molecule is CCOC(=O)c1ccc(/C=N/O)nc1. The number of carbonyl (C=O) groups is 1. The van der Waals surface area contributed by atoms with Crippen molar-refractivity contribution in [1.82, 2.24) is 4.98 Å². The fourth-order valence-electron chi connectivity index (χ4n) is 0.876. The Hall–Kier alpha value is -1.91. The zero-order chi connectivity index (χ0) is 10.4. The lowest BCUT2D eigenvalue weighted by molar-refractivity contribution is 0.0526. The summed E-state index contributed by atoms with van der Waals surface area (Å²) >= 11 is 0. The maximum absolute atomic E-state index is 11.2. The van der Waals surface area contributed by atoms with Gasteiger partial charge in [0.25, 0.3) is 0 Å². The summed E-state index contributed by atoms with van der Waals surface area (Å²) in [6, 6.07) is 3.12. The second-order valence-electron chi connectivity index (χ2n) is 2.44. The molecular formula is C9H10N2O3. The summed E-state index contributed by atoms with van der Waals surface area (Å²) < 4.78 is 4.77. The van der Waals surface area contributed by atoms with E-state index in [1.807, 2.05) is 0 Å². The van der Waals surface area contributed by atoms with Gasteiger partial charge in [-0.05, 0) is 19.1 Å². The van der Waals surface area contributed by atoms with Gasteiger partial charge in [-0.25, -0.2) is 4.79 Å². The third-order valence-electron chi connectivity index (χ3n) is 1.49. The fourth-order valence-corrected chi connectivity index (χ4v) is 0.876. The molecule has 14 heavy (non-hydrogen) atoms. The molecule has 0 unspecified atom stereocenters. The Kier molecular flexibility index (Phi) is 3.60. The summed E-state index contributed by atoms with van der Waals surface area (Å²) in [5.74, 6) is -0.410. The average Bonchev–Trinajstić information content (AvgIpc) is 2.20. The molecule has 0 saturated carbocycles. The van der Waals surface area contributed by atoms with Crippen molar-refractivity contribution < 1.29 is 14.7 Å². The van der Waals surface area contributed by atoms with Crippen molar-refractivity contribution in [3.8, 4) is 0 Å². The van der Waals surface area contributed by atoms with Crippen LogP contribution in [-0.2, 0) is 4.74 Å². The van der Waals surface area contributed by atoms with Crippen LogP contribution in [0.5, 0.6) is 0 Å². The zero-order valence-electron chi connectivity index (χ0n) is 7.67. The first-order valence-corrected chi connectivity index (χ1v) is 4.08. The predicted octanol–water partition coefficient (Wildman–Crippen LogP) is 1.07. The molecule has 1 aromatic rings. The van der Waals surface area contributed by atoms with Crippen LogP contribution in [0.4, 0.5) is 0 Å². The number of oxime groups is 1. The largest absolute Gasteiger partial charge is 0.462 e. The van der Waals surface area contributed by atoms with Gasteiger partial charge >= 0.3 is 5.97 Å². The van der Waals surface area contributed by atoms with Crippen LogP contribution in [0.1, 0.15) is 23.0 Å². The minimum absolute atomic E-state index is 0.332. The van der Waals surface area contributed by atoms with Crippen molar-refractivity contribution in [1.29, 1.82) is 0 Å². The summed E-state index contributed by atoms with van der Waals surface area (Å²) in [5.41, 5.74) is 0.850. The minimum Gasteiger partial charge on any atom is -0.462 e. The molecule has 0 aromatic carbocycles. The van der Waals surface area contributed by atoms with E-state index in [0.717, 1.165) is 0 Å². The highest BCUT2D eigenvalue weighted by Gasteiger charge is 2.05. The Bertz CT molecular complexity index is 332. The summed E-state index contributed by atoms with van der Waals surface area (Å²) in [5, 5.41) is 11.0. The van der Waals surface area contributed by atoms with Gasteiger partial charge in [-0.15, -0.1) is 0 Å². The van der Waals surface area contributed by atoms with Crippen LogP contribution in [0.15, 0.2) is 23.5 Å². The van der Waals surface area contributed by atoms with Gasteiger partial charge in [-0.3, -0.25) is 4.98 Å². The average molecular weight is 194 g/mol. The van der Waals surface area contributed by atoms with Crippen molar-refractivity contribution >= 4 is 12.2 Å². The number of hydrogen-bond acceptors (Lipinski definition) is 5. The summed E-state index contributed by atoms with van der Waals surface area (Å²) in [4.78, 5) is 15.0. The van der Waals surface area contributed by atoms with Gasteiger partial charge in [0.15, 0.2) is 0 Å². The Morgan fingerprint density at radius 1 is 1.71 bits per heavy atom. The first-order chi connectivity index (χ1) is 6.77. The van der Waals surface area contributed by atoms with Crippen LogP contribution >= 0.6 is 0 Å². The topological polar surface area (TPSA) is 71.8 Å². The standard InChI is InChI=1S/C9H10N2O3/c1-2-14-9(12)7-3-4-8(6-11-13)10-5-7/h3-6,13H,2H2,1H3/b11-6+. The molecule has 1 aromatic heterocycles. The quantitative estimate of drug-likeness (QED) is 0.338. The Morgan fingerprint density at radius 3 is 3.00 bits per heavy atom. The van der Waals surface area contributed by atoms with E-state index in [-0.39, 0.29) is 0 Å². The molecule has 0 fully saturated rings. The third-order valence-corrected chi connectivity index (χ3v) is 1.49. The second-order valence-corrected chi connectivity index (χ2v) is 2.44. The van der Waals surface area contributed by atoms with Crippen LogP contribution in [0, 0.1) is 0 Å². The van der Waals surface area contributed by atoms with E-state index in [0.29, 0.717) is 17.9 Å². The van der Waals surface area contributed by atoms with E-state index < -0.39 is 5.97 Å². The molecule has 1 rings (SSSR count). The lowest BCUT2D eigenvalue weighted by atomic mass is 10.2. The van der Waals surface area contributed by atoms with Crippen LogP contribution in [0.25, 0.3) is 0 Å².